The lowest BCUT2D eigenvalue weighted by Crippen LogP contribution is -2.04. The van der Waals surface area contributed by atoms with E-state index in [0.717, 1.165) is 5.56 Å². The number of hydrogen-bond donors (Lipinski definition) is 1. The zero-order chi connectivity index (χ0) is 14.0. The fourth-order valence-corrected chi connectivity index (χ4v) is 1.78. The number of H-pyrrole nitrogens is 1. The summed E-state index contributed by atoms with van der Waals surface area (Å²) in [5, 5.41) is 6.79. The van der Waals surface area contributed by atoms with Crippen LogP contribution in [0.3, 0.4) is 0 Å². The highest BCUT2D eigenvalue weighted by molar-refractivity contribution is 6.31. The second-order valence-corrected chi connectivity index (χ2v) is 4.38. The van der Waals surface area contributed by atoms with E-state index in [1.54, 1.807) is 19.9 Å². The molecular formula is C13H12ClFN2O2. The van der Waals surface area contributed by atoms with Crippen molar-refractivity contribution in [1.29, 1.82) is 0 Å². The van der Waals surface area contributed by atoms with Gasteiger partial charge in [0, 0.05) is 10.6 Å². The molecule has 0 spiro atoms. The molecule has 0 aliphatic rings. The molecule has 0 saturated carbocycles. The number of benzene rings is 1. The molecule has 0 fully saturated rings. The number of hydrogen-bond acceptors (Lipinski definition) is 3. The van der Waals surface area contributed by atoms with Gasteiger partial charge in [-0.2, -0.15) is 5.10 Å². The van der Waals surface area contributed by atoms with Gasteiger partial charge in [-0.25, -0.2) is 9.18 Å². The van der Waals surface area contributed by atoms with Gasteiger partial charge in [0.05, 0.1) is 12.3 Å². The Morgan fingerprint density at radius 3 is 2.89 bits per heavy atom. The Labute approximate surface area is 114 Å². The molecular weight excluding hydrogens is 271 g/mol. The van der Waals surface area contributed by atoms with Gasteiger partial charge >= 0.3 is 5.97 Å². The molecule has 0 unspecified atom stereocenters. The van der Waals surface area contributed by atoms with Crippen molar-refractivity contribution in [3.8, 4) is 11.3 Å². The van der Waals surface area contributed by atoms with Crippen LogP contribution in [0.2, 0.25) is 5.02 Å². The Balaban J connectivity index is 2.38. The number of rotatable bonds is 3. The van der Waals surface area contributed by atoms with Gasteiger partial charge in [-0.15, -0.1) is 0 Å². The molecule has 1 aromatic heterocycles. The Morgan fingerprint density at radius 1 is 1.47 bits per heavy atom. The predicted molar refractivity (Wildman–Crippen MR) is 69.7 cm³/mol. The molecule has 2 rings (SSSR count). The van der Waals surface area contributed by atoms with Crippen molar-refractivity contribution >= 4 is 17.6 Å². The van der Waals surface area contributed by atoms with Crippen LogP contribution >= 0.6 is 11.6 Å². The molecule has 0 bridgehead atoms. The minimum atomic E-state index is -0.521. The van der Waals surface area contributed by atoms with Gasteiger partial charge in [0.2, 0.25) is 0 Å². The van der Waals surface area contributed by atoms with E-state index in [1.807, 2.05) is 0 Å². The van der Waals surface area contributed by atoms with Crippen molar-refractivity contribution in [3.05, 3.63) is 40.3 Å². The topological polar surface area (TPSA) is 55.0 Å². The normalized spacial score (nSPS) is 10.5. The second-order valence-electron chi connectivity index (χ2n) is 3.97. The average molecular weight is 283 g/mol. The van der Waals surface area contributed by atoms with Crippen LogP contribution in [0.4, 0.5) is 4.39 Å². The van der Waals surface area contributed by atoms with Crippen LogP contribution in [0, 0.1) is 12.7 Å². The highest BCUT2D eigenvalue weighted by Gasteiger charge is 2.15. The lowest BCUT2D eigenvalue weighted by atomic mass is 10.1. The number of esters is 1. The highest BCUT2D eigenvalue weighted by atomic mass is 35.5. The standard InChI is InChI=1S/C13H12ClFN2O2/c1-3-19-13(18)12-6-11(16-17-12)8-4-7(2)9(14)5-10(8)15/h4-6H,3H2,1-2H3,(H,16,17). The van der Waals surface area contributed by atoms with Crippen molar-refractivity contribution in [1.82, 2.24) is 10.2 Å². The fraction of sp³-hybridized carbons (Fsp3) is 0.231. The van der Waals surface area contributed by atoms with Crippen molar-refractivity contribution in [2.24, 2.45) is 0 Å². The molecule has 0 atom stereocenters. The molecule has 6 heteroatoms. The molecule has 19 heavy (non-hydrogen) atoms. The molecule has 100 valence electrons. The Morgan fingerprint density at radius 2 is 2.21 bits per heavy atom. The van der Waals surface area contributed by atoms with Gasteiger partial charge in [-0.3, -0.25) is 5.10 Å². The average Bonchev–Trinajstić information content (AvgIpc) is 2.83. The Bertz CT molecular complexity index is 625. The zero-order valence-corrected chi connectivity index (χ0v) is 11.2. The maximum Gasteiger partial charge on any atom is 0.356 e. The smallest absolute Gasteiger partial charge is 0.356 e. The monoisotopic (exact) mass is 282 g/mol. The van der Waals surface area contributed by atoms with Crippen LogP contribution < -0.4 is 0 Å². The molecule has 1 aromatic carbocycles. The highest BCUT2D eigenvalue weighted by Crippen LogP contribution is 2.27. The number of carbonyl (C=O) groups excluding carboxylic acids is 1. The SMILES string of the molecule is CCOC(=O)c1cc(-c2cc(C)c(Cl)cc2F)n[nH]1. The second kappa shape index (κ2) is 5.40. The van der Waals surface area contributed by atoms with Crippen LogP contribution in [0.1, 0.15) is 23.0 Å². The number of carbonyl (C=O) groups is 1. The molecule has 1 heterocycles. The van der Waals surface area contributed by atoms with Crippen LogP contribution in [0.15, 0.2) is 18.2 Å². The molecule has 0 radical (unpaired) electrons. The van der Waals surface area contributed by atoms with E-state index in [0.29, 0.717) is 10.7 Å². The first-order chi connectivity index (χ1) is 9.02. The van der Waals surface area contributed by atoms with Crippen LogP contribution in [-0.2, 0) is 4.74 Å². The minimum Gasteiger partial charge on any atom is -0.461 e. The summed E-state index contributed by atoms with van der Waals surface area (Å²) in [5.74, 6) is -1.01. The number of nitrogens with one attached hydrogen (secondary N) is 1. The van der Waals surface area contributed by atoms with E-state index >= 15 is 0 Å². The molecule has 2 aromatic rings. The van der Waals surface area contributed by atoms with E-state index in [9.17, 15) is 9.18 Å². The molecule has 1 N–H and O–H groups in total. The first-order valence-electron chi connectivity index (χ1n) is 5.71. The van der Waals surface area contributed by atoms with Crippen molar-refractivity contribution in [2.45, 2.75) is 13.8 Å². The van der Waals surface area contributed by atoms with Crippen LogP contribution in [0.5, 0.6) is 0 Å². The molecule has 0 amide bonds. The van der Waals surface area contributed by atoms with E-state index in [-0.39, 0.29) is 17.9 Å². The van der Waals surface area contributed by atoms with Gasteiger partial charge in [0.1, 0.15) is 11.5 Å². The summed E-state index contributed by atoms with van der Waals surface area (Å²) in [4.78, 5) is 11.5. The largest absolute Gasteiger partial charge is 0.461 e. The zero-order valence-electron chi connectivity index (χ0n) is 10.5. The van der Waals surface area contributed by atoms with Gasteiger partial charge in [-0.1, -0.05) is 11.6 Å². The van der Waals surface area contributed by atoms with E-state index in [4.69, 9.17) is 16.3 Å². The molecule has 0 aliphatic carbocycles. The quantitative estimate of drug-likeness (QED) is 0.878. The third-order valence-corrected chi connectivity index (χ3v) is 3.00. The number of aromatic nitrogens is 2. The van der Waals surface area contributed by atoms with Gasteiger partial charge in [0.15, 0.2) is 0 Å². The van der Waals surface area contributed by atoms with Crippen molar-refractivity contribution in [2.75, 3.05) is 6.61 Å². The van der Waals surface area contributed by atoms with E-state index < -0.39 is 11.8 Å². The minimum absolute atomic E-state index is 0.184. The third-order valence-electron chi connectivity index (χ3n) is 2.60. The molecule has 0 aliphatic heterocycles. The van der Waals surface area contributed by atoms with Crippen LogP contribution in [0.25, 0.3) is 11.3 Å². The summed E-state index contributed by atoms with van der Waals surface area (Å²) in [6.45, 7) is 3.74. The summed E-state index contributed by atoms with van der Waals surface area (Å²) in [5.41, 5.74) is 1.54. The van der Waals surface area contributed by atoms with Gasteiger partial charge in [0.25, 0.3) is 0 Å². The summed E-state index contributed by atoms with van der Waals surface area (Å²) < 4.78 is 18.6. The number of aryl methyl sites for hydroxylation is 1. The number of nitrogens with zero attached hydrogens (tertiary/aromatic N) is 1. The predicted octanol–water partition coefficient (Wildman–Crippen LogP) is 3.35. The van der Waals surface area contributed by atoms with E-state index in [2.05, 4.69) is 10.2 Å². The van der Waals surface area contributed by atoms with Gasteiger partial charge in [-0.05, 0) is 37.6 Å². The summed E-state index contributed by atoms with van der Waals surface area (Å²) in [6.07, 6.45) is 0. The molecule has 0 saturated heterocycles. The Hall–Kier alpha value is -1.88. The molecule has 4 nitrogen and oxygen atoms in total. The maximum absolute atomic E-state index is 13.8. The third kappa shape index (κ3) is 2.76. The maximum atomic E-state index is 13.8. The number of aromatic amines is 1. The lowest BCUT2D eigenvalue weighted by Gasteiger charge is -2.03. The first kappa shape index (κ1) is 13.5. The van der Waals surface area contributed by atoms with Crippen molar-refractivity contribution in [3.63, 3.8) is 0 Å². The fourth-order valence-electron chi connectivity index (χ4n) is 1.63. The Kier molecular flexibility index (Phi) is 3.85. The van der Waals surface area contributed by atoms with E-state index in [1.165, 1.54) is 12.1 Å². The number of halogens is 2. The first-order valence-corrected chi connectivity index (χ1v) is 6.09. The summed E-state index contributed by atoms with van der Waals surface area (Å²) >= 11 is 5.83. The van der Waals surface area contributed by atoms with Gasteiger partial charge < -0.3 is 4.74 Å². The van der Waals surface area contributed by atoms with Crippen LogP contribution in [-0.4, -0.2) is 22.8 Å². The summed E-state index contributed by atoms with van der Waals surface area (Å²) in [7, 11) is 0. The number of ether oxygens (including phenoxy) is 1. The summed E-state index contributed by atoms with van der Waals surface area (Å²) in [6, 6.07) is 4.26. The lowest BCUT2D eigenvalue weighted by molar-refractivity contribution is 0.0519. The van der Waals surface area contributed by atoms with Crippen molar-refractivity contribution < 1.29 is 13.9 Å².